The van der Waals surface area contributed by atoms with E-state index in [2.05, 4.69) is 29.2 Å². The maximum absolute atomic E-state index is 13.1. The smallest absolute Gasteiger partial charge is 0.243 e. The highest BCUT2D eigenvalue weighted by Gasteiger charge is 2.38. The number of fused-ring (bicyclic) bond motifs is 3. The molecule has 0 bridgehead atoms. The van der Waals surface area contributed by atoms with E-state index in [0.717, 1.165) is 32.4 Å². The fourth-order valence-electron chi connectivity index (χ4n) is 4.38. The molecular weight excluding hydrogens is 360 g/mol. The second kappa shape index (κ2) is 7.26. The molecule has 0 amide bonds. The Hall–Kier alpha value is -1.89. The van der Waals surface area contributed by atoms with Gasteiger partial charge in [-0.3, -0.25) is 4.90 Å². The third-order valence-electron chi connectivity index (χ3n) is 6.02. The molecule has 2 heterocycles. The van der Waals surface area contributed by atoms with Crippen LogP contribution in [0.5, 0.6) is 5.75 Å². The molecule has 2 atom stereocenters. The van der Waals surface area contributed by atoms with E-state index in [-0.39, 0.29) is 6.04 Å². The summed E-state index contributed by atoms with van der Waals surface area (Å²) in [5.41, 5.74) is 2.77. The molecule has 1 saturated heterocycles. The molecule has 144 valence electrons. The Kier molecular flexibility index (Phi) is 4.97. The van der Waals surface area contributed by atoms with Crippen molar-refractivity contribution < 1.29 is 13.2 Å². The normalized spacial score (nSPS) is 22.9. The largest absolute Gasteiger partial charge is 0.497 e. The van der Waals surface area contributed by atoms with E-state index in [1.165, 1.54) is 11.1 Å². The van der Waals surface area contributed by atoms with Gasteiger partial charge in [0, 0.05) is 32.2 Å². The van der Waals surface area contributed by atoms with Crippen molar-refractivity contribution in [2.24, 2.45) is 0 Å². The number of sulfonamides is 1. The second-order valence-corrected chi connectivity index (χ2v) is 9.37. The Labute approximate surface area is 161 Å². The molecule has 0 aliphatic carbocycles. The Morgan fingerprint density at radius 2 is 1.81 bits per heavy atom. The first-order chi connectivity index (χ1) is 13.0. The predicted molar refractivity (Wildman–Crippen MR) is 105 cm³/mol. The summed E-state index contributed by atoms with van der Waals surface area (Å²) >= 11 is 0. The zero-order valence-electron chi connectivity index (χ0n) is 15.8. The van der Waals surface area contributed by atoms with Gasteiger partial charge in [0.2, 0.25) is 10.0 Å². The molecule has 0 saturated carbocycles. The summed E-state index contributed by atoms with van der Waals surface area (Å²) in [5, 5.41) is 0. The van der Waals surface area contributed by atoms with Gasteiger partial charge in [0.1, 0.15) is 5.75 Å². The van der Waals surface area contributed by atoms with Crippen molar-refractivity contribution in [3.63, 3.8) is 0 Å². The van der Waals surface area contributed by atoms with Gasteiger partial charge in [0.15, 0.2) is 0 Å². The van der Waals surface area contributed by atoms with Crippen molar-refractivity contribution in [2.45, 2.75) is 36.2 Å². The molecular formula is C21H26N2O3S. The standard InChI is InChI=1S/C21H26N2O3S/c1-22(27(24,25)19-9-7-18(26-2)8-10-19)17-12-14-23-13-11-16-5-3-4-6-20(16)21(23)15-17/h3-10,17,21H,11-15H2,1-2H3/t17-,21+/m1/s1. The lowest BCUT2D eigenvalue weighted by molar-refractivity contribution is 0.0969. The Morgan fingerprint density at radius 1 is 1.07 bits per heavy atom. The zero-order valence-corrected chi connectivity index (χ0v) is 16.7. The van der Waals surface area contributed by atoms with E-state index in [4.69, 9.17) is 4.74 Å². The fourth-order valence-corrected chi connectivity index (χ4v) is 5.77. The van der Waals surface area contributed by atoms with E-state index in [0.29, 0.717) is 16.7 Å². The van der Waals surface area contributed by atoms with Crippen molar-refractivity contribution >= 4 is 10.0 Å². The molecule has 2 aliphatic rings. The fraction of sp³-hybridized carbons (Fsp3) is 0.429. The monoisotopic (exact) mass is 386 g/mol. The van der Waals surface area contributed by atoms with Gasteiger partial charge >= 0.3 is 0 Å². The molecule has 6 heteroatoms. The van der Waals surface area contributed by atoms with Crippen LogP contribution in [-0.4, -0.2) is 50.9 Å². The van der Waals surface area contributed by atoms with E-state index in [9.17, 15) is 8.42 Å². The van der Waals surface area contributed by atoms with Crippen LogP contribution in [0.4, 0.5) is 0 Å². The molecule has 2 aromatic rings. The number of ether oxygens (including phenoxy) is 1. The van der Waals surface area contributed by atoms with E-state index < -0.39 is 10.0 Å². The summed E-state index contributed by atoms with van der Waals surface area (Å²) in [6.07, 6.45) is 2.78. The first-order valence-electron chi connectivity index (χ1n) is 9.44. The maximum atomic E-state index is 13.1. The third kappa shape index (κ3) is 3.37. The summed E-state index contributed by atoms with van der Waals surface area (Å²) in [6.45, 7) is 2.00. The summed E-state index contributed by atoms with van der Waals surface area (Å²) in [5.74, 6) is 0.656. The average molecular weight is 387 g/mol. The van der Waals surface area contributed by atoms with Gasteiger partial charge in [0.05, 0.1) is 12.0 Å². The average Bonchev–Trinajstić information content (AvgIpc) is 2.72. The highest BCUT2D eigenvalue weighted by Crippen LogP contribution is 2.38. The van der Waals surface area contributed by atoms with Crippen LogP contribution >= 0.6 is 0 Å². The summed E-state index contributed by atoms with van der Waals surface area (Å²) < 4.78 is 32.9. The minimum Gasteiger partial charge on any atom is -0.497 e. The molecule has 5 nitrogen and oxygen atoms in total. The van der Waals surface area contributed by atoms with Gasteiger partial charge in [0.25, 0.3) is 0 Å². The lowest BCUT2D eigenvalue weighted by Gasteiger charge is -2.45. The van der Waals surface area contributed by atoms with Crippen LogP contribution in [0, 0.1) is 0 Å². The molecule has 0 unspecified atom stereocenters. The number of nitrogens with zero attached hydrogens (tertiary/aromatic N) is 2. The van der Waals surface area contributed by atoms with Crippen molar-refractivity contribution in [2.75, 3.05) is 27.2 Å². The summed E-state index contributed by atoms with van der Waals surface area (Å²) in [6, 6.07) is 15.5. The molecule has 4 rings (SSSR count). The predicted octanol–water partition coefficient (Wildman–Crippen LogP) is 3.08. The summed E-state index contributed by atoms with van der Waals surface area (Å²) in [4.78, 5) is 2.82. The molecule has 2 aromatic carbocycles. The Balaban J connectivity index is 1.57. The van der Waals surface area contributed by atoms with Crippen molar-refractivity contribution in [3.05, 3.63) is 59.7 Å². The molecule has 2 aliphatic heterocycles. The highest BCUT2D eigenvalue weighted by atomic mass is 32.2. The van der Waals surface area contributed by atoms with E-state index in [1.807, 2.05) is 0 Å². The maximum Gasteiger partial charge on any atom is 0.243 e. The van der Waals surface area contributed by atoms with Crippen molar-refractivity contribution in [1.82, 2.24) is 9.21 Å². The van der Waals surface area contributed by atoms with Gasteiger partial charge in [-0.15, -0.1) is 0 Å². The van der Waals surface area contributed by atoms with Crippen molar-refractivity contribution in [1.29, 1.82) is 0 Å². The quantitative estimate of drug-likeness (QED) is 0.810. The van der Waals surface area contributed by atoms with E-state index in [1.54, 1.807) is 42.7 Å². The Bertz CT molecular complexity index is 911. The lowest BCUT2D eigenvalue weighted by atomic mass is 9.85. The van der Waals surface area contributed by atoms with Crippen LogP contribution in [0.3, 0.4) is 0 Å². The number of rotatable bonds is 4. The van der Waals surface area contributed by atoms with Crippen LogP contribution in [0.1, 0.15) is 30.0 Å². The first-order valence-corrected chi connectivity index (χ1v) is 10.9. The second-order valence-electron chi connectivity index (χ2n) is 7.38. The molecule has 0 radical (unpaired) electrons. The lowest BCUT2D eigenvalue weighted by Crippen LogP contribution is -2.48. The first kappa shape index (κ1) is 18.5. The number of hydrogen-bond acceptors (Lipinski definition) is 4. The van der Waals surface area contributed by atoms with E-state index >= 15 is 0 Å². The van der Waals surface area contributed by atoms with Crippen LogP contribution in [0.2, 0.25) is 0 Å². The molecule has 0 N–H and O–H groups in total. The third-order valence-corrected chi connectivity index (χ3v) is 7.94. The minimum absolute atomic E-state index is 0.00417. The van der Waals surface area contributed by atoms with Gasteiger partial charge in [-0.05, 0) is 54.7 Å². The van der Waals surface area contributed by atoms with Crippen LogP contribution in [0.15, 0.2) is 53.4 Å². The molecule has 0 spiro atoms. The Morgan fingerprint density at radius 3 is 2.56 bits per heavy atom. The van der Waals surface area contributed by atoms with Gasteiger partial charge < -0.3 is 4.74 Å². The van der Waals surface area contributed by atoms with Gasteiger partial charge in [-0.2, -0.15) is 4.31 Å². The number of hydrogen-bond donors (Lipinski definition) is 0. The van der Waals surface area contributed by atoms with Gasteiger partial charge in [-0.1, -0.05) is 24.3 Å². The number of benzene rings is 2. The van der Waals surface area contributed by atoms with Crippen LogP contribution in [-0.2, 0) is 16.4 Å². The number of methoxy groups -OCH3 is 1. The topological polar surface area (TPSA) is 49.9 Å². The minimum atomic E-state index is -3.52. The SMILES string of the molecule is COc1ccc(S(=O)(=O)N(C)[C@@H]2CCN3CCc4ccccc4[C@@H]3C2)cc1. The van der Waals surface area contributed by atoms with Crippen LogP contribution < -0.4 is 4.74 Å². The highest BCUT2D eigenvalue weighted by molar-refractivity contribution is 7.89. The number of piperidine rings is 1. The molecule has 0 aromatic heterocycles. The summed E-state index contributed by atoms with van der Waals surface area (Å²) in [7, 11) is -0.228. The van der Waals surface area contributed by atoms with Crippen LogP contribution in [0.25, 0.3) is 0 Å². The molecule has 27 heavy (non-hydrogen) atoms. The van der Waals surface area contributed by atoms with Gasteiger partial charge in [-0.25, -0.2) is 8.42 Å². The zero-order chi connectivity index (χ0) is 19.0. The molecule has 1 fully saturated rings. The van der Waals surface area contributed by atoms with Crippen molar-refractivity contribution in [3.8, 4) is 5.75 Å².